The predicted molar refractivity (Wildman–Crippen MR) is 108 cm³/mol. The fourth-order valence-electron chi connectivity index (χ4n) is 2.61. The molecular formula is C21H22N2O5S. The summed E-state index contributed by atoms with van der Waals surface area (Å²) in [6.45, 7) is 2.20. The predicted octanol–water partition coefficient (Wildman–Crippen LogP) is 3.43. The van der Waals surface area contributed by atoms with E-state index >= 15 is 0 Å². The van der Waals surface area contributed by atoms with Gasteiger partial charge in [0.25, 0.3) is 10.0 Å². The maximum atomic E-state index is 12.3. The van der Waals surface area contributed by atoms with Gasteiger partial charge >= 0.3 is 5.91 Å². The number of carbonyl (C=O) groups is 1. The van der Waals surface area contributed by atoms with E-state index in [0.717, 1.165) is 18.4 Å². The van der Waals surface area contributed by atoms with Crippen molar-refractivity contribution in [3.8, 4) is 5.75 Å². The molecule has 0 saturated carbocycles. The molecule has 8 heteroatoms. The number of rotatable bonds is 9. The number of benzene rings is 2. The first-order chi connectivity index (χ1) is 14.0. The zero-order valence-electron chi connectivity index (χ0n) is 15.9. The Morgan fingerprint density at radius 1 is 1.00 bits per heavy atom. The monoisotopic (exact) mass is 414 g/mol. The van der Waals surface area contributed by atoms with E-state index in [1.165, 1.54) is 18.2 Å². The van der Waals surface area contributed by atoms with Crippen molar-refractivity contribution in [2.24, 2.45) is 0 Å². The van der Waals surface area contributed by atoms with Crippen LogP contribution in [-0.2, 0) is 23.1 Å². The Labute approximate surface area is 169 Å². The van der Waals surface area contributed by atoms with Gasteiger partial charge in [-0.25, -0.2) is 8.42 Å². The number of nitrogens with one attached hydrogen (secondary N) is 2. The summed E-state index contributed by atoms with van der Waals surface area (Å²) in [5, 5.41) is 0. The van der Waals surface area contributed by atoms with Gasteiger partial charge in [0.15, 0.2) is 5.76 Å². The van der Waals surface area contributed by atoms with Gasteiger partial charge in [0, 0.05) is 0 Å². The standard InChI is InChI=1S/C21H22N2O5S/c1-2-6-16-9-12-19(13-10-16)29(25,26)23-22-21(24)20-14-11-18(28-20)15-27-17-7-4-3-5-8-17/h3-5,7-14,23H,2,6,15H2,1H3,(H,22,24). The van der Waals surface area contributed by atoms with E-state index in [4.69, 9.17) is 9.15 Å². The molecule has 0 fully saturated rings. The second-order valence-corrected chi connectivity index (χ2v) is 8.00. The van der Waals surface area contributed by atoms with Crippen molar-refractivity contribution >= 4 is 15.9 Å². The molecule has 0 spiro atoms. The van der Waals surface area contributed by atoms with Crippen molar-refractivity contribution in [1.82, 2.24) is 10.3 Å². The van der Waals surface area contributed by atoms with Crippen LogP contribution in [-0.4, -0.2) is 14.3 Å². The van der Waals surface area contributed by atoms with Crippen LogP contribution in [0.2, 0.25) is 0 Å². The van der Waals surface area contributed by atoms with Crippen molar-refractivity contribution < 1.29 is 22.4 Å². The second-order valence-electron chi connectivity index (χ2n) is 6.32. The largest absolute Gasteiger partial charge is 0.486 e. The lowest BCUT2D eigenvalue weighted by molar-refractivity contribution is 0.0913. The van der Waals surface area contributed by atoms with Crippen LogP contribution in [0.4, 0.5) is 0 Å². The average Bonchev–Trinajstić information content (AvgIpc) is 3.21. The number of para-hydroxylation sites is 1. The summed E-state index contributed by atoms with van der Waals surface area (Å²) in [4.78, 5) is 14.3. The van der Waals surface area contributed by atoms with Gasteiger partial charge in [-0.15, -0.1) is 4.83 Å². The molecule has 0 saturated heterocycles. The Balaban J connectivity index is 1.55. The molecule has 2 aromatic carbocycles. The van der Waals surface area contributed by atoms with Gasteiger partial charge in [-0.2, -0.15) is 0 Å². The molecule has 152 valence electrons. The number of sulfonamides is 1. The Morgan fingerprint density at radius 2 is 1.72 bits per heavy atom. The minimum Gasteiger partial charge on any atom is -0.486 e. The van der Waals surface area contributed by atoms with E-state index in [1.54, 1.807) is 30.3 Å². The van der Waals surface area contributed by atoms with Crippen molar-refractivity contribution in [1.29, 1.82) is 0 Å². The summed E-state index contributed by atoms with van der Waals surface area (Å²) in [5.41, 5.74) is 3.21. The molecule has 0 atom stereocenters. The molecule has 3 rings (SSSR count). The first-order valence-corrected chi connectivity index (χ1v) is 10.6. The maximum absolute atomic E-state index is 12.3. The molecule has 0 aliphatic carbocycles. The molecule has 7 nitrogen and oxygen atoms in total. The van der Waals surface area contributed by atoms with Crippen molar-refractivity contribution in [3.63, 3.8) is 0 Å². The van der Waals surface area contributed by atoms with Gasteiger partial charge in [0.1, 0.15) is 18.1 Å². The molecule has 0 aliphatic heterocycles. The van der Waals surface area contributed by atoms with E-state index in [0.29, 0.717) is 11.5 Å². The number of ether oxygens (including phenoxy) is 1. The zero-order chi connectivity index (χ0) is 20.7. The minimum absolute atomic E-state index is 0.0299. The summed E-state index contributed by atoms with van der Waals surface area (Å²) in [6.07, 6.45) is 1.85. The fourth-order valence-corrected chi connectivity index (χ4v) is 3.45. The molecule has 3 aromatic rings. The molecular weight excluding hydrogens is 392 g/mol. The third kappa shape index (κ3) is 5.69. The van der Waals surface area contributed by atoms with Crippen LogP contribution in [0.25, 0.3) is 0 Å². The Hall–Kier alpha value is -3.10. The van der Waals surface area contributed by atoms with Gasteiger partial charge in [-0.05, 0) is 48.4 Å². The molecule has 1 amide bonds. The quantitative estimate of drug-likeness (QED) is 0.523. The Morgan fingerprint density at radius 3 is 2.41 bits per heavy atom. The van der Waals surface area contributed by atoms with Crippen LogP contribution < -0.4 is 15.0 Å². The average molecular weight is 414 g/mol. The van der Waals surface area contributed by atoms with Crippen molar-refractivity contribution in [3.05, 3.63) is 83.8 Å². The number of furan rings is 1. The third-order valence-corrected chi connectivity index (χ3v) is 5.34. The van der Waals surface area contributed by atoms with E-state index in [1.807, 2.05) is 18.2 Å². The van der Waals surface area contributed by atoms with Gasteiger partial charge in [0.2, 0.25) is 0 Å². The Kier molecular flexibility index (Phi) is 6.69. The number of amides is 1. The van der Waals surface area contributed by atoms with Crippen molar-refractivity contribution in [2.45, 2.75) is 31.3 Å². The summed E-state index contributed by atoms with van der Waals surface area (Å²) >= 11 is 0. The van der Waals surface area contributed by atoms with E-state index in [9.17, 15) is 13.2 Å². The molecule has 29 heavy (non-hydrogen) atoms. The smallest absolute Gasteiger partial charge is 0.301 e. The van der Waals surface area contributed by atoms with Gasteiger partial charge in [0.05, 0.1) is 4.90 Å². The highest BCUT2D eigenvalue weighted by Gasteiger charge is 2.17. The number of hydrogen-bond donors (Lipinski definition) is 2. The lowest BCUT2D eigenvalue weighted by Crippen LogP contribution is -2.41. The molecule has 1 aromatic heterocycles. The van der Waals surface area contributed by atoms with Gasteiger partial charge in [-0.1, -0.05) is 43.7 Å². The number of hydrogen-bond acceptors (Lipinski definition) is 5. The number of aryl methyl sites for hydroxylation is 1. The highest BCUT2D eigenvalue weighted by molar-refractivity contribution is 7.89. The molecule has 0 radical (unpaired) electrons. The normalized spacial score (nSPS) is 11.2. The Bertz CT molecular complexity index is 1040. The van der Waals surface area contributed by atoms with Crippen LogP contribution in [0.5, 0.6) is 5.75 Å². The highest BCUT2D eigenvalue weighted by Crippen LogP contribution is 2.14. The lowest BCUT2D eigenvalue weighted by Gasteiger charge is -2.08. The van der Waals surface area contributed by atoms with E-state index in [-0.39, 0.29) is 17.3 Å². The summed E-state index contributed by atoms with van der Waals surface area (Å²) < 4.78 is 35.6. The topological polar surface area (TPSA) is 97.6 Å². The number of hydrazine groups is 1. The zero-order valence-corrected chi connectivity index (χ0v) is 16.7. The van der Waals surface area contributed by atoms with Crippen molar-refractivity contribution in [2.75, 3.05) is 0 Å². The summed E-state index contributed by atoms with van der Waals surface area (Å²) in [5.74, 6) is 0.376. The molecule has 1 heterocycles. The van der Waals surface area contributed by atoms with Crippen LogP contribution in [0.15, 0.2) is 76.0 Å². The second kappa shape index (κ2) is 9.40. The fraction of sp³-hybridized carbons (Fsp3) is 0.190. The molecule has 0 aliphatic rings. The molecule has 0 bridgehead atoms. The summed E-state index contributed by atoms with van der Waals surface area (Å²) in [6, 6.07) is 18.8. The lowest BCUT2D eigenvalue weighted by atomic mass is 10.1. The first kappa shape index (κ1) is 20.6. The van der Waals surface area contributed by atoms with Crippen LogP contribution in [0.3, 0.4) is 0 Å². The summed E-state index contributed by atoms with van der Waals surface area (Å²) in [7, 11) is -3.88. The minimum atomic E-state index is -3.88. The number of carbonyl (C=O) groups excluding carboxylic acids is 1. The maximum Gasteiger partial charge on any atom is 0.301 e. The highest BCUT2D eigenvalue weighted by atomic mass is 32.2. The van der Waals surface area contributed by atoms with Gasteiger partial charge in [-0.3, -0.25) is 10.2 Å². The van der Waals surface area contributed by atoms with E-state index < -0.39 is 15.9 Å². The SMILES string of the molecule is CCCc1ccc(S(=O)(=O)NNC(=O)c2ccc(COc3ccccc3)o2)cc1. The van der Waals surface area contributed by atoms with E-state index in [2.05, 4.69) is 17.2 Å². The first-order valence-electron chi connectivity index (χ1n) is 9.15. The van der Waals surface area contributed by atoms with Gasteiger partial charge < -0.3 is 9.15 Å². The molecule has 0 unspecified atom stereocenters. The van der Waals surface area contributed by atoms with Crippen LogP contribution in [0.1, 0.15) is 35.2 Å². The third-order valence-electron chi connectivity index (χ3n) is 4.08. The molecule has 2 N–H and O–H groups in total. The van der Waals surface area contributed by atoms with Crippen LogP contribution >= 0.6 is 0 Å². The van der Waals surface area contributed by atoms with Crippen LogP contribution in [0, 0.1) is 0 Å².